The van der Waals surface area contributed by atoms with E-state index in [0.29, 0.717) is 5.95 Å². The molecule has 108 valence electrons. The average Bonchev–Trinajstić information content (AvgIpc) is 2.86. The molecule has 0 atom stereocenters. The number of aromatic nitrogens is 4. The van der Waals surface area contributed by atoms with Gasteiger partial charge in [-0.2, -0.15) is 5.10 Å². The molecule has 0 fully saturated rings. The number of nitrogens with one attached hydrogen (secondary N) is 1. The molecule has 0 aliphatic heterocycles. The standard InChI is InChI=1S/C15H23N5/c1-4-8-16-11-12-13(5-2)19-20(14(12)6-3)15-17-9-7-10-18-15/h7,9-10,16H,4-6,8,11H2,1-3H3. The fourth-order valence-corrected chi connectivity index (χ4v) is 2.34. The second-order valence-electron chi connectivity index (χ2n) is 4.72. The SMILES string of the molecule is CCCNCc1c(CC)nn(-c2ncccn2)c1CC. The van der Waals surface area contributed by atoms with E-state index < -0.39 is 0 Å². The van der Waals surface area contributed by atoms with Gasteiger partial charge >= 0.3 is 0 Å². The molecule has 5 nitrogen and oxygen atoms in total. The zero-order chi connectivity index (χ0) is 14.4. The number of hydrogen-bond acceptors (Lipinski definition) is 4. The first-order valence-corrected chi connectivity index (χ1v) is 7.39. The maximum Gasteiger partial charge on any atom is 0.250 e. The minimum absolute atomic E-state index is 0.654. The third kappa shape index (κ3) is 3.04. The molecule has 2 heterocycles. The summed E-state index contributed by atoms with van der Waals surface area (Å²) in [6.07, 6.45) is 6.50. The second-order valence-corrected chi connectivity index (χ2v) is 4.72. The van der Waals surface area contributed by atoms with Crippen LogP contribution in [0.5, 0.6) is 0 Å². The van der Waals surface area contributed by atoms with Gasteiger partial charge in [-0.05, 0) is 31.9 Å². The van der Waals surface area contributed by atoms with Crippen LogP contribution in [0.2, 0.25) is 0 Å². The van der Waals surface area contributed by atoms with Crippen molar-refractivity contribution < 1.29 is 0 Å². The normalized spacial score (nSPS) is 10.9. The van der Waals surface area contributed by atoms with Crippen molar-refractivity contribution in [3.05, 3.63) is 35.4 Å². The molecular weight excluding hydrogens is 250 g/mol. The third-order valence-electron chi connectivity index (χ3n) is 3.31. The Labute approximate surface area is 120 Å². The zero-order valence-corrected chi connectivity index (χ0v) is 12.6. The van der Waals surface area contributed by atoms with Crippen molar-refractivity contribution in [1.29, 1.82) is 0 Å². The maximum atomic E-state index is 4.70. The van der Waals surface area contributed by atoms with E-state index >= 15 is 0 Å². The van der Waals surface area contributed by atoms with Gasteiger partial charge in [0, 0.05) is 24.5 Å². The van der Waals surface area contributed by atoms with Crippen LogP contribution in [-0.4, -0.2) is 26.3 Å². The van der Waals surface area contributed by atoms with E-state index in [9.17, 15) is 0 Å². The van der Waals surface area contributed by atoms with Gasteiger partial charge in [0.2, 0.25) is 0 Å². The van der Waals surface area contributed by atoms with Gasteiger partial charge in [-0.3, -0.25) is 0 Å². The van der Waals surface area contributed by atoms with Crippen LogP contribution in [0.15, 0.2) is 18.5 Å². The predicted octanol–water partition coefficient (Wildman–Crippen LogP) is 2.29. The van der Waals surface area contributed by atoms with Crippen molar-refractivity contribution in [2.24, 2.45) is 0 Å². The highest BCUT2D eigenvalue weighted by Gasteiger charge is 2.17. The van der Waals surface area contributed by atoms with Gasteiger partial charge in [0.05, 0.1) is 11.4 Å². The van der Waals surface area contributed by atoms with E-state index in [0.717, 1.165) is 38.0 Å². The van der Waals surface area contributed by atoms with Crippen molar-refractivity contribution in [3.63, 3.8) is 0 Å². The smallest absolute Gasteiger partial charge is 0.250 e. The van der Waals surface area contributed by atoms with E-state index in [2.05, 4.69) is 36.1 Å². The summed E-state index contributed by atoms with van der Waals surface area (Å²) in [5, 5.41) is 8.17. The molecule has 0 aliphatic carbocycles. The molecular formula is C15H23N5. The lowest BCUT2D eigenvalue weighted by Crippen LogP contribution is -2.16. The Kier molecular flexibility index (Phi) is 5.24. The summed E-state index contributed by atoms with van der Waals surface area (Å²) in [6, 6.07) is 1.82. The summed E-state index contributed by atoms with van der Waals surface area (Å²) >= 11 is 0. The van der Waals surface area contributed by atoms with Crippen LogP contribution in [0.3, 0.4) is 0 Å². The highest BCUT2D eigenvalue weighted by Crippen LogP contribution is 2.18. The summed E-state index contributed by atoms with van der Waals surface area (Å²) in [7, 11) is 0. The topological polar surface area (TPSA) is 55.6 Å². The molecule has 0 bridgehead atoms. The van der Waals surface area contributed by atoms with Gasteiger partial charge in [-0.15, -0.1) is 0 Å². The lowest BCUT2D eigenvalue weighted by molar-refractivity contribution is 0.666. The molecule has 20 heavy (non-hydrogen) atoms. The molecule has 0 amide bonds. The summed E-state index contributed by atoms with van der Waals surface area (Å²) in [6.45, 7) is 8.36. The Hall–Kier alpha value is -1.75. The van der Waals surface area contributed by atoms with Crippen molar-refractivity contribution in [3.8, 4) is 5.95 Å². The van der Waals surface area contributed by atoms with Crippen molar-refractivity contribution >= 4 is 0 Å². The predicted molar refractivity (Wildman–Crippen MR) is 79.9 cm³/mol. The molecule has 5 heteroatoms. The Morgan fingerprint density at radius 2 is 1.85 bits per heavy atom. The number of hydrogen-bond donors (Lipinski definition) is 1. The summed E-state index contributed by atoms with van der Waals surface area (Å²) in [5.74, 6) is 0.654. The summed E-state index contributed by atoms with van der Waals surface area (Å²) in [5.41, 5.74) is 3.64. The summed E-state index contributed by atoms with van der Waals surface area (Å²) in [4.78, 5) is 8.62. The minimum atomic E-state index is 0.654. The molecule has 0 saturated heterocycles. The number of rotatable bonds is 7. The van der Waals surface area contributed by atoms with Gasteiger partial charge in [0.15, 0.2) is 0 Å². The van der Waals surface area contributed by atoms with E-state index in [1.807, 2.05) is 10.7 Å². The quantitative estimate of drug-likeness (QED) is 0.786. The first kappa shape index (κ1) is 14.7. The molecule has 0 spiro atoms. The van der Waals surface area contributed by atoms with Crippen LogP contribution in [0.25, 0.3) is 5.95 Å². The van der Waals surface area contributed by atoms with Gasteiger partial charge in [0.1, 0.15) is 0 Å². The van der Waals surface area contributed by atoms with Gasteiger partial charge in [-0.25, -0.2) is 14.6 Å². The van der Waals surface area contributed by atoms with E-state index in [-0.39, 0.29) is 0 Å². The van der Waals surface area contributed by atoms with Gasteiger partial charge in [-0.1, -0.05) is 20.8 Å². The Bertz CT molecular complexity index is 533. The first-order valence-electron chi connectivity index (χ1n) is 7.39. The second kappa shape index (κ2) is 7.14. The molecule has 0 unspecified atom stereocenters. The highest BCUT2D eigenvalue weighted by molar-refractivity contribution is 5.31. The fourth-order valence-electron chi connectivity index (χ4n) is 2.34. The maximum absolute atomic E-state index is 4.70. The molecule has 2 aromatic heterocycles. The van der Waals surface area contributed by atoms with Crippen molar-refractivity contribution in [2.75, 3.05) is 6.54 Å². The van der Waals surface area contributed by atoms with Crippen molar-refractivity contribution in [2.45, 2.75) is 46.6 Å². The van der Waals surface area contributed by atoms with Crippen LogP contribution >= 0.6 is 0 Å². The number of nitrogens with zero attached hydrogens (tertiary/aromatic N) is 4. The lowest BCUT2D eigenvalue weighted by atomic mass is 10.1. The Morgan fingerprint density at radius 3 is 2.45 bits per heavy atom. The van der Waals surface area contributed by atoms with E-state index in [1.165, 1.54) is 11.3 Å². The van der Waals surface area contributed by atoms with E-state index in [1.54, 1.807) is 12.4 Å². The molecule has 2 aromatic rings. The molecule has 0 saturated carbocycles. The first-order chi connectivity index (χ1) is 9.81. The molecule has 0 radical (unpaired) electrons. The van der Waals surface area contributed by atoms with Crippen molar-refractivity contribution in [1.82, 2.24) is 25.1 Å². The largest absolute Gasteiger partial charge is 0.313 e. The van der Waals surface area contributed by atoms with E-state index in [4.69, 9.17) is 5.10 Å². The zero-order valence-electron chi connectivity index (χ0n) is 12.6. The molecule has 0 aliphatic rings. The molecule has 2 rings (SSSR count). The van der Waals surface area contributed by atoms with Gasteiger partial charge < -0.3 is 5.32 Å². The highest BCUT2D eigenvalue weighted by atomic mass is 15.4. The van der Waals surface area contributed by atoms with Crippen LogP contribution in [0.4, 0.5) is 0 Å². The molecule has 0 aromatic carbocycles. The van der Waals surface area contributed by atoms with Crippen LogP contribution in [0.1, 0.15) is 44.1 Å². The van der Waals surface area contributed by atoms with Crippen LogP contribution in [0, 0.1) is 0 Å². The average molecular weight is 273 g/mol. The van der Waals surface area contributed by atoms with Crippen LogP contribution in [-0.2, 0) is 19.4 Å². The number of aryl methyl sites for hydroxylation is 1. The third-order valence-corrected chi connectivity index (χ3v) is 3.31. The Morgan fingerprint density at radius 1 is 1.10 bits per heavy atom. The summed E-state index contributed by atoms with van der Waals surface area (Å²) < 4.78 is 1.89. The monoisotopic (exact) mass is 273 g/mol. The fraction of sp³-hybridized carbons (Fsp3) is 0.533. The molecule has 1 N–H and O–H groups in total. The minimum Gasteiger partial charge on any atom is -0.313 e. The lowest BCUT2D eigenvalue weighted by Gasteiger charge is -2.07. The Balaban J connectivity index is 2.38. The van der Waals surface area contributed by atoms with Gasteiger partial charge in [0.25, 0.3) is 5.95 Å². The van der Waals surface area contributed by atoms with Crippen LogP contribution < -0.4 is 5.32 Å².